The maximum atomic E-state index is 13.9. The average molecular weight is 535 g/mol. The lowest BCUT2D eigenvalue weighted by molar-refractivity contribution is 0.116. The Balaban J connectivity index is 1.46. The van der Waals surface area contributed by atoms with E-state index in [0.717, 1.165) is 42.5 Å². The van der Waals surface area contributed by atoms with Crippen LogP contribution in [-0.4, -0.2) is 57.6 Å². The smallest absolute Gasteiger partial charge is 0.218 e. The van der Waals surface area contributed by atoms with Gasteiger partial charge in [0.1, 0.15) is 33.9 Å². The molecule has 0 radical (unpaired) electrons. The first-order valence-corrected chi connectivity index (χ1v) is 13.5. The van der Waals surface area contributed by atoms with Gasteiger partial charge in [-0.3, -0.25) is 10.3 Å². The Labute approximate surface area is 219 Å². The number of nitrogens with one attached hydrogen (secondary N) is 1. The number of nitrogens with zero attached hydrogens (tertiary/aromatic N) is 3. The van der Waals surface area contributed by atoms with E-state index in [4.69, 9.17) is 33.2 Å². The Hall–Kier alpha value is -2.43. The minimum atomic E-state index is -0.884. The third-order valence-corrected chi connectivity index (χ3v) is 9.19. The average Bonchev–Trinajstić information content (AvgIpc) is 3.32. The molecule has 1 spiro atoms. The molecular weight excluding hydrogens is 503 g/mol. The number of aryl methyl sites for hydroxylation is 1. The van der Waals surface area contributed by atoms with E-state index in [1.165, 1.54) is 17.4 Å². The molecule has 6 N–H and O–H groups in total. The zero-order valence-corrected chi connectivity index (χ0v) is 22.1. The second-order valence-corrected chi connectivity index (χ2v) is 11.7. The Morgan fingerprint density at radius 2 is 2.06 bits per heavy atom. The fraction of sp³-hybridized carbons (Fsp3) is 0.560. The summed E-state index contributed by atoms with van der Waals surface area (Å²) in [5.41, 5.74) is 13.9. The van der Waals surface area contributed by atoms with Crippen LogP contribution in [0.25, 0.3) is 0 Å². The van der Waals surface area contributed by atoms with Crippen molar-refractivity contribution < 1.29 is 14.2 Å². The summed E-state index contributed by atoms with van der Waals surface area (Å²) in [4.78, 5) is 11.8. The van der Waals surface area contributed by atoms with Crippen LogP contribution >= 0.6 is 22.9 Å². The number of halogens is 2. The highest BCUT2D eigenvalue weighted by Crippen LogP contribution is 2.55. The van der Waals surface area contributed by atoms with Gasteiger partial charge in [0.05, 0.1) is 11.1 Å². The number of alkyl halides is 1. The molecule has 1 fully saturated rings. The van der Waals surface area contributed by atoms with Crippen molar-refractivity contribution in [3.63, 3.8) is 0 Å². The number of anilines is 2. The first-order valence-electron chi connectivity index (χ1n) is 12.3. The van der Waals surface area contributed by atoms with E-state index in [1.807, 2.05) is 18.9 Å². The van der Waals surface area contributed by atoms with Gasteiger partial charge in [0, 0.05) is 34.7 Å². The van der Waals surface area contributed by atoms with E-state index in [-0.39, 0.29) is 40.5 Å². The predicted octanol–water partition coefficient (Wildman–Crippen LogP) is 4.80. The summed E-state index contributed by atoms with van der Waals surface area (Å²) < 4.78 is 19.9. The van der Waals surface area contributed by atoms with Gasteiger partial charge in [-0.25, -0.2) is 9.37 Å². The first kappa shape index (κ1) is 25.2. The lowest BCUT2D eigenvalue weighted by Gasteiger charge is -2.41. The number of aliphatic hydroxyl groups is 1. The number of likely N-dealkylation sites (N-methyl/N-ethyl adjacent to an activating group) is 1. The van der Waals surface area contributed by atoms with Crippen LogP contribution in [-0.2, 0) is 11.8 Å². The van der Waals surface area contributed by atoms with Gasteiger partial charge in [0.25, 0.3) is 0 Å². The fourth-order valence-corrected chi connectivity index (χ4v) is 7.50. The second-order valence-electron chi connectivity index (χ2n) is 10.2. The number of allylic oxidation sites excluding steroid dienone is 2. The molecule has 0 aromatic carbocycles. The van der Waals surface area contributed by atoms with Gasteiger partial charge >= 0.3 is 0 Å². The maximum absolute atomic E-state index is 13.9. The number of fused-ring (bicyclic) bond motifs is 2. The Bertz CT molecular complexity index is 1240. The third kappa shape index (κ3) is 4.22. The zero-order chi connectivity index (χ0) is 25.8. The van der Waals surface area contributed by atoms with Gasteiger partial charge in [0.2, 0.25) is 5.88 Å². The van der Waals surface area contributed by atoms with Crippen molar-refractivity contribution in [2.45, 2.75) is 75.6 Å². The van der Waals surface area contributed by atoms with Crippen molar-refractivity contribution in [1.82, 2.24) is 14.9 Å². The Kier molecular flexibility index (Phi) is 6.63. The number of likely N-dealkylation sites (tertiary alicyclic amines) is 1. The SMILES string of the molecule is C[C@H](Oc1cc(Cl)nc(C(=N)C2=C(O)[C@@]3(CCC2)CCCc2sc(N)c(N)c23)n1)[C@@H]1C[C@@H](F)CN1C. The zero-order valence-electron chi connectivity index (χ0n) is 20.5. The number of hydrogen-bond acceptors (Lipinski definition) is 9. The third-order valence-electron chi connectivity index (χ3n) is 7.90. The monoisotopic (exact) mass is 534 g/mol. The van der Waals surface area contributed by atoms with Crippen LogP contribution < -0.4 is 16.2 Å². The summed E-state index contributed by atoms with van der Waals surface area (Å²) in [7, 11) is 1.87. The summed E-state index contributed by atoms with van der Waals surface area (Å²) in [6.45, 7) is 2.24. The first-order chi connectivity index (χ1) is 17.1. The van der Waals surface area contributed by atoms with E-state index >= 15 is 0 Å². The fourth-order valence-electron chi connectivity index (χ4n) is 6.20. The second kappa shape index (κ2) is 9.46. The molecule has 2 aliphatic carbocycles. The quantitative estimate of drug-likeness (QED) is 0.319. The summed E-state index contributed by atoms with van der Waals surface area (Å²) in [6.07, 6.45) is 3.78. The van der Waals surface area contributed by atoms with E-state index in [9.17, 15) is 9.50 Å². The molecule has 8 nitrogen and oxygen atoms in total. The molecular formula is C25H32ClFN6O2S. The molecule has 3 heterocycles. The normalized spacial score (nSPS) is 27.3. The number of aliphatic hydroxyl groups excluding tert-OH is 1. The molecule has 0 unspecified atom stereocenters. The molecule has 4 atom stereocenters. The van der Waals surface area contributed by atoms with Crippen LogP contribution in [0.15, 0.2) is 17.4 Å². The Morgan fingerprint density at radius 3 is 2.75 bits per heavy atom. The topological polar surface area (TPSA) is 134 Å². The van der Waals surface area contributed by atoms with Crippen molar-refractivity contribution in [1.29, 1.82) is 5.41 Å². The van der Waals surface area contributed by atoms with Crippen molar-refractivity contribution in [2.75, 3.05) is 25.1 Å². The van der Waals surface area contributed by atoms with Crippen molar-refractivity contribution in [2.24, 2.45) is 0 Å². The van der Waals surface area contributed by atoms with Crippen LogP contribution in [0.2, 0.25) is 5.15 Å². The van der Waals surface area contributed by atoms with Gasteiger partial charge in [-0.15, -0.1) is 11.3 Å². The number of aromatic nitrogens is 2. The lowest BCUT2D eigenvalue weighted by Crippen LogP contribution is -2.38. The van der Waals surface area contributed by atoms with Crippen LogP contribution in [0.1, 0.15) is 61.7 Å². The van der Waals surface area contributed by atoms with Crippen LogP contribution in [0, 0.1) is 5.41 Å². The maximum Gasteiger partial charge on any atom is 0.218 e. The van der Waals surface area contributed by atoms with Gasteiger partial charge < -0.3 is 21.3 Å². The minimum Gasteiger partial charge on any atom is -0.511 e. The van der Waals surface area contributed by atoms with E-state index < -0.39 is 11.6 Å². The van der Waals surface area contributed by atoms with E-state index in [1.54, 1.807) is 0 Å². The lowest BCUT2D eigenvalue weighted by atomic mass is 9.63. The molecule has 5 rings (SSSR count). The van der Waals surface area contributed by atoms with Crippen molar-refractivity contribution in [3.05, 3.63) is 38.8 Å². The van der Waals surface area contributed by atoms with Crippen LogP contribution in [0.3, 0.4) is 0 Å². The van der Waals surface area contributed by atoms with E-state index in [0.29, 0.717) is 35.6 Å². The molecule has 3 aliphatic rings. The summed E-state index contributed by atoms with van der Waals surface area (Å²) in [6, 6.07) is 1.40. The van der Waals surface area contributed by atoms with Crippen molar-refractivity contribution in [3.8, 4) is 5.88 Å². The number of ether oxygens (including phenoxy) is 1. The molecule has 0 saturated carbocycles. The van der Waals surface area contributed by atoms with Gasteiger partial charge in [0.15, 0.2) is 5.82 Å². The summed E-state index contributed by atoms with van der Waals surface area (Å²) in [5, 5.41) is 21.3. The molecule has 11 heteroatoms. The Morgan fingerprint density at radius 1 is 1.33 bits per heavy atom. The van der Waals surface area contributed by atoms with Crippen molar-refractivity contribution >= 4 is 39.3 Å². The number of thiophene rings is 1. The van der Waals surface area contributed by atoms with E-state index in [2.05, 4.69) is 9.97 Å². The van der Waals surface area contributed by atoms with Crippen LogP contribution in [0.5, 0.6) is 5.88 Å². The molecule has 36 heavy (non-hydrogen) atoms. The number of nitrogen functional groups attached to an aromatic ring is 2. The number of rotatable bonds is 5. The highest BCUT2D eigenvalue weighted by atomic mass is 35.5. The minimum absolute atomic E-state index is 0.0160. The molecule has 2 aromatic rings. The highest BCUT2D eigenvalue weighted by Gasteiger charge is 2.47. The molecule has 1 aliphatic heterocycles. The predicted molar refractivity (Wildman–Crippen MR) is 141 cm³/mol. The largest absolute Gasteiger partial charge is 0.511 e. The molecule has 1 saturated heterocycles. The summed E-state index contributed by atoms with van der Waals surface area (Å²) in [5.74, 6) is 0.462. The number of nitrogens with two attached hydrogens (primary N) is 2. The van der Waals surface area contributed by atoms with Gasteiger partial charge in [-0.1, -0.05) is 11.6 Å². The molecule has 0 amide bonds. The summed E-state index contributed by atoms with van der Waals surface area (Å²) >= 11 is 7.78. The standard InChI is InChI=1S/C25H32ClFN6O2S/c1-12(15-9-13(27)11-33(15)2)35-18-10-17(26)31-24(32-18)20(28)14-5-3-7-25(22(14)34)8-4-6-16-19(25)21(29)23(30)36-16/h10,12-13,15,28,34H,3-9,11,29-30H2,1-2H3/t12-,13+,15-,25-/m0/s1. The highest BCUT2D eigenvalue weighted by molar-refractivity contribution is 7.16. The molecule has 0 bridgehead atoms. The number of hydrogen-bond donors (Lipinski definition) is 4. The van der Waals surface area contributed by atoms with Gasteiger partial charge in [-0.2, -0.15) is 4.98 Å². The van der Waals surface area contributed by atoms with Gasteiger partial charge in [-0.05, 0) is 58.9 Å². The van der Waals surface area contributed by atoms with Crippen LogP contribution in [0.4, 0.5) is 15.1 Å². The molecule has 194 valence electrons. The molecule has 2 aromatic heterocycles.